The van der Waals surface area contributed by atoms with Crippen molar-refractivity contribution >= 4 is 5.91 Å². The number of nitrogens with one attached hydrogen (secondary N) is 1. The van der Waals surface area contributed by atoms with Gasteiger partial charge in [0, 0.05) is 29.7 Å². The first kappa shape index (κ1) is 21.9. The van der Waals surface area contributed by atoms with Gasteiger partial charge in [0.2, 0.25) is 5.91 Å². The Hall–Kier alpha value is -1.08. The van der Waals surface area contributed by atoms with E-state index in [4.69, 9.17) is 10.5 Å². The van der Waals surface area contributed by atoms with Crippen LogP contribution in [0.4, 0.5) is 13.2 Å². The predicted molar refractivity (Wildman–Crippen MR) is 84.9 cm³/mol. The van der Waals surface area contributed by atoms with Crippen molar-refractivity contribution in [2.45, 2.75) is 71.3 Å². The summed E-state index contributed by atoms with van der Waals surface area (Å²) in [5.41, 5.74) is 4.65. The van der Waals surface area contributed by atoms with Crippen molar-refractivity contribution in [3.8, 4) is 0 Å². The lowest BCUT2D eigenvalue weighted by Crippen LogP contribution is -2.50. The molecule has 0 aromatic rings. The molecular weight excluding hydrogens is 309 g/mol. The SMILES string of the molecule is CC(N)CC(C)(C)OCC(C)C(C)(C)NC(=O)/C=C/C(F)(F)F. The smallest absolute Gasteiger partial charge is 0.375 e. The predicted octanol–water partition coefficient (Wildman–Crippen LogP) is 3.17. The van der Waals surface area contributed by atoms with Crippen LogP contribution in [-0.2, 0) is 9.53 Å². The molecule has 0 aromatic carbocycles. The minimum atomic E-state index is -4.50. The molecule has 136 valence electrons. The molecule has 0 heterocycles. The highest BCUT2D eigenvalue weighted by Gasteiger charge is 2.30. The molecule has 4 nitrogen and oxygen atoms in total. The van der Waals surface area contributed by atoms with Crippen molar-refractivity contribution in [1.82, 2.24) is 5.32 Å². The quantitative estimate of drug-likeness (QED) is 0.668. The Morgan fingerprint density at radius 1 is 1.22 bits per heavy atom. The summed E-state index contributed by atoms with van der Waals surface area (Å²) in [5, 5.41) is 2.58. The molecule has 0 spiro atoms. The molecule has 0 saturated carbocycles. The molecule has 0 aliphatic carbocycles. The van der Waals surface area contributed by atoms with Crippen molar-refractivity contribution in [2.75, 3.05) is 6.61 Å². The maximum Gasteiger partial charge on any atom is 0.409 e. The van der Waals surface area contributed by atoms with Gasteiger partial charge in [-0.3, -0.25) is 4.79 Å². The van der Waals surface area contributed by atoms with Crippen LogP contribution >= 0.6 is 0 Å². The number of nitrogens with two attached hydrogens (primary N) is 1. The van der Waals surface area contributed by atoms with Crippen LogP contribution in [0.15, 0.2) is 12.2 Å². The molecular formula is C16H29F3N2O2. The van der Waals surface area contributed by atoms with Crippen LogP contribution < -0.4 is 11.1 Å². The summed E-state index contributed by atoms with van der Waals surface area (Å²) < 4.78 is 42.1. The van der Waals surface area contributed by atoms with Crippen LogP contribution in [0.25, 0.3) is 0 Å². The van der Waals surface area contributed by atoms with Gasteiger partial charge < -0.3 is 15.8 Å². The molecule has 0 aromatic heterocycles. The van der Waals surface area contributed by atoms with E-state index in [1.165, 1.54) is 0 Å². The van der Waals surface area contributed by atoms with Gasteiger partial charge in [-0.15, -0.1) is 0 Å². The van der Waals surface area contributed by atoms with Crippen LogP contribution in [0.3, 0.4) is 0 Å². The van der Waals surface area contributed by atoms with Gasteiger partial charge in [0.1, 0.15) is 0 Å². The average molecular weight is 338 g/mol. The summed E-state index contributed by atoms with van der Waals surface area (Å²) >= 11 is 0. The third-order valence-electron chi connectivity index (χ3n) is 3.64. The van der Waals surface area contributed by atoms with Gasteiger partial charge in [0.05, 0.1) is 12.2 Å². The molecule has 2 atom stereocenters. The molecule has 1 amide bonds. The average Bonchev–Trinajstić information content (AvgIpc) is 2.30. The topological polar surface area (TPSA) is 64.3 Å². The lowest BCUT2D eigenvalue weighted by atomic mass is 9.89. The minimum absolute atomic E-state index is 0.000486. The van der Waals surface area contributed by atoms with Gasteiger partial charge in [0.15, 0.2) is 0 Å². The van der Waals surface area contributed by atoms with E-state index in [1.807, 2.05) is 27.7 Å². The highest BCUT2D eigenvalue weighted by Crippen LogP contribution is 2.22. The number of hydrogen-bond acceptors (Lipinski definition) is 3. The molecule has 0 bridgehead atoms. The van der Waals surface area contributed by atoms with Crippen LogP contribution in [0, 0.1) is 5.92 Å². The summed E-state index contributed by atoms with van der Waals surface area (Å²) in [6, 6.07) is 0.000486. The number of ether oxygens (including phenoxy) is 1. The number of carbonyl (C=O) groups excluding carboxylic acids is 1. The summed E-state index contributed by atoms with van der Waals surface area (Å²) in [7, 11) is 0. The van der Waals surface area contributed by atoms with E-state index in [9.17, 15) is 18.0 Å². The Balaban J connectivity index is 4.58. The first-order valence-electron chi connectivity index (χ1n) is 7.62. The van der Waals surface area contributed by atoms with Crippen LogP contribution in [0.2, 0.25) is 0 Å². The molecule has 3 N–H and O–H groups in total. The fraction of sp³-hybridized carbons (Fsp3) is 0.812. The standard InChI is InChI=1S/C16H29F3N2O2/c1-11(10-23-14(3,4)9-12(2)20)15(5,6)21-13(22)7-8-16(17,18)19/h7-8,11-12H,9-10,20H2,1-6H3,(H,21,22)/b8-7+. The fourth-order valence-corrected chi connectivity index (χ4v) is 2.05. The maximum absolute atomic E-state index is 12.1. The lowest BCUT2D eigenvalue weighted by Gasteiger charge is -2.35. The van der Waals surface area contributed by atoms with Crippen molar-refractivity contribution in [1.29, 1.82) is 0 Å². The van der Waals surface area contributed by atoms with Crippen LogP contribution in [0.5, 0.6) is 0 Å². The second kappa shape index (κ2) is 8.15. The molecule has 0 fully saturated rings. The Bertz CT molecular complexity index is 416. The Labute approximate surface area is 136 Å². The van der Waals surface area contributed by atoms with Gasteiger partial charge in [-0.1, -0.05) is 6.92 Å². The molecule has 0 rings (SSSR count). The van der Waals surface area contributed by atoms with E-state index in [0.29, 0.717) is 19.1 Å². The zero-order valence-electron chi connectivity index (χ0n) is 14.8. The number of carbonyl (C=O) groups is 1. The zero-order chi connectivity index (χ0) is 18.5. The van der Waals surface area contributed by atoms with Crippen molar-refractivity contribution in [3.63, 3.8) is 0 Å². The molecule has 0 saturated heterocycles. The van der Waals surface area contributed by atoms with E-state index in [2.05, 4.69) is 5.32 Å². The number of amides is 1. The molecule has 2 unspecified atom stereocenters. The Morgan fingerprint density at radius 3 is 2.17 bits per heavy atom. The van der Waals surface area contributed by atoms with Gasteiger partial charge >= 0.3 is 6.18 Å². The van der Waals surface area contributed by atoms with Crippen LogP contribution in [0.1, 0.15) is 48.0 Å². The van der Waals surface area contributed by atoms with Gasteiger partial charge in [-0.2, -0.15) is 13.2 Å². The van der Waals surface area contributed by atoms with E-state index in [0.717, 1.165) is 0 Å². The summed E-state index contributed by atoms with van der Waals surface area (Å²) in [6.07, 6.45) is -3.40. The largest absolute Gasteiger partial charge is 0.409 e. The Morgan fingerprint density at radius 2 is 1.74 bits per heavy atom. The van der Waals surface area contributed by atoms with Crippen molar-refractivity contribution in [3.05, 3.63) is 12.2 Å². The minimum Gasteiger partial charge on any atom is -0.375 e. The molecule has 0 radical (unpaired) electrons. The highest BCUT2D eigenvalue weighted by atomic mass is 19.4. The first-order valence-corrected chi connectivity index (χ1v) is 7.62. The molecule has 0 aliphatic rings. The van der Waals surface area contributed by atoms with Crippen molar-refractivity contribution in [2.24, 2.45) is 11.7 Å². The summed E-state index contributed by atoms with van der Waals surface area (Å²) in [5.74, 6) is -0.882. The molecule has 23 heavy (non-hydrogen) atoms. The van der Waals surface area contributed by atoms with E-state index in [1.54, 1.807) is 13.8 Å². The third kappa shape index (κ3) is 10.3. The second-order valence-corrected chi connectivity index (χ2v) is 7.24. The second-order valence-electron chi connectivity index (χ2n) is 7.24. The normalized spacial score (nSPS) is 16.4. The number of hydrogen-bond donors (Lipinski definition) is 2. The van der Waals surface area contributed by atoms with Gasteiger partial charge in [-0.05, 0) is 41.0 Å². The number of halogens is 3. The van der Waals surface area contributed by atoms with E-state index < -0.39 is 23.2 Å². The zero-order valence-corrected chi connectivity index (χ0v) is 14.8. The number of alkyl halides is 3. The summed E-state index contributed by atoms with van der Waals surface area (Å²) in [6.45, 7) is 11.5. The fourth-order valence-electron chi connectivity index (χ4n) is 2.05. The van der Waals surface area contributed by atoms with E-state index in [-0.39, 0.29) is 18.0 Å². The summed E-state index contributed by atoms with van der Waals surface area (Å²) in [4.78, 5) is 11.6. The third-order valence-corrected chi connectivity index (χ3v) is 3.64. The van der Waals surface area contributed by atoms with E-state index >= 15 is 0 Å². The number of rotatable bonds is 8. The van der Waals surface area contributed by atoms with Crippen LogP contribution in [-0.4, -0.2) is 35.9 Å². The van der Waals surface area contributed by atoms with Gasteiger partial charge in [0.25, 0.3) is 0 Å². The first-order chi connectivity index (χ1) is 10.1. The maximum atomic E-state index is 12.1. The van der Waals surface area contributed by atoms with Crippen molar-refractivity contribution < 1.29 is 22.7 Å². The monoisotopic (exact) mass is 338 g/mol. The Kier molecular flexibility index (Phi) is 7.76. The lowest BCUT2D eigenvalue weighted by molar-refractivity contribution is -0.120. The molecule has 0 aliphatic heterocycles. The number of allylic oxidation sites excluding steroid dienone is 1. The molecule has 7 heteroatoms. The van der Waals surface area contributed by atoms with Gasteiger partial charge in [-0.25, -0.2) is 0 Å². The highest BCUT2D eigenvalue weighted by molar-refractivity contribution is 5.88.